The Kier molecular flexibility index (Phi) is 2.90. The number of carboxylic acid groups (broad SMARTS) is 1. The molecule has 0 bridgehead atoms. The van der Waals surface area contributed by atoms with Gasteiger partial charge >= 0.3 is 5.97 Å². The third-order valence-corrected chi connectivity index (χ3v) is 5.38. The average Bonchev–Trinajstić information content (AvgIpc) is 2.84. The second-order valence-electron chi connectivity index (χ2n) is 5.56. The smallest absolute Gasteiger partial charge is 0.315 e. The molecule has 2 fully saturated rings. The Morgan fingerprint density at radius 3 is 2.89 bits per heavy atom. The van der Waals surface area contributed by atoms with Gasteiger partial charge in [-0.15, -0.1) is 11.3 Å². The maximum absolute atomic E-state index is 11.4. The van der Waals surface area contributed by atoms with Crippen molar-refractivity contribution in [2.45, 2.75) is 37.0 Å². The van der Waals surface area contributed by atoms with E-state index in [1.54, 1.807) is 11.3 Å². The molecule has 2 heterocycles. The highest BCUT2D eigenvalue weighted by molar-refractivity contribution is 7.09. The summed E-state index contributed by atoms with van der Waals surface area (Å²) in [4.78, 5) is 18.4. The first-order valence-electron chi connectivity index (χ1n) is 6.50. The molecule has 2 aliphatic rings. The van der Waals surface area contributed by atoms with E-state index in [9.17, 15) is 9.90 Å². The van der Waals surface area contributed by atoms with Crippen LogP contribution in [0.5, 0.6) is 0 Å². The molecule has 5 heteroatoms. The lowest BCUT2D eigenvalue weighted by molar-refractivity contribution is -0.147. The van der Waals surface area contributed by atoms with Gasteiger partial charge < -0.3 is 10.0 Å². The topological polar surface area (TPSA) is 53.4 Å². The van der Waals surface area contributed by atoms with Gasteiger partial charge in [-0.05, 0) is 32.9 Å². The summed E-state index contributed by atoms with van der Waals surface area (Å²) in [5.74, 6) is -0.200. The number of aliphatic carboxylic acids is 1. The van der Waals surface area contributed by atoms with Crippen LogP contribution in [0.2, 0.25) is 0 Å². The number of nitrogens with zero attached hydrogens (tertiary/aromatic N) is 2. The van der Waals surface area contributed by atoms with Crippen LogP contribution in [0, 0.1) is 0 Å². The largest absolute Gasteiger partial charge is 0.481 e. The molecular weight excluding hydrogens is 248 g/mol. The van der Waals surface area contributed by atoms with E-state index in [4.69, 9.17) is 0 Å². The van der Waals surface area contributed by atoms with Crippen LogP contribution in [-0.2, 0) is 10.2 Å². The van der Waals surface area contributed by atoms with Gasteiger partial charge in [-0.2, -0.15) is 0 Å². The molecule has 0 aromatic carbocycles. The van der Waals surface area contributed by atoms with Gasteiger partial charge in [-0.1, -0.05) is 6.42 Å². The predicted octanol–water partition coefficient (Wildman–Crippen LogP) is 2.07. The number of thiazole rings is 1. The fourth-order valence-electron chi connectivity index (χ4n) is 2.94. The highest BCUT2D eigenvalue weighted by Crippen LogP contribution is 2.45. The van der Waals surface area contributed by atoms with Crippen molar-refractivity contribution in [2.24, 2.45) is 0 Å². The summed E-state index contributed by atoms with van der Waals surface area (Å²) < 4.78 is 0. The third-order valence-electron chi connectivity index (χ3n) is 4.37. The van der Waals surface area contributed by atoms with Crippen LogP contribution in [0.3, 0.4) is 0 Å². The molecule has 0 radical (unpaired) electrons. The highest BCUT2D eigenvalue weighted by Gasteiger charge is 2.48. The average molecular weight is 266 g/mol. The summed E-state index contributed by atoms with van der Waals surface area (Å²) >= 11 is 1.64. The molecule has 4 nitrogen and oxygen atoms in total. The van der Waals surface area contributed by atoms with E-state index in [0.29, 0.717) is 5.92 Å². The van der Waals surface area contributed by atoms with E-state index in [2.05, 4.69) is 16.9 Å². The molecule has 1 unspecified atom stereocenters. The van der Waals surface area contributed by atoms with E-state index in [0.717, 1.165) is 49.5 Å². The molecule has 1 atom stereocenters. The first-order valence-corrected chi connectivity index (χ1v) is 7.38. The molecule has 1 saturated carbocycles. The molecule has 1 N–H and O–H groups in total. The van der Waals surface area contributed by atoms with E-state index in [1.807, 2.05) is 5.38 Å². The van der Waals surface area contributed by atoms with Gasteiger partial charge in [-0.25, -0.2) is 4.98 Å². The van der Waals surface area contributed by atoms with E-state index < -0.39 is 11.4 Å². The van der Waals surface area contributed by atoms with Crippen LogP contribution in [0.4, 0.5) is 0 Å². The Balaban J connectivity index is 1.83. The summed E-state index contributed by atoms with van der Waals surface area (Å²) in [5.41, 5.74) is 0.134. The van der Waals surface area contributed by atoms with Gasteiger partial charge in [0, 0.05) is 17.8 Å². The minimum atomic E-state index is -0.700. The maximum atomic E-state index is 11.4. The molecule has 0 spiro atoms. The minimum Gasteiger partial charge on any atom is -0.481 e. The number of carboxylic acids is 1. The van der Waals surface area contributed by atoms with Crippen molar-refractivity contribution in [3.63, 3.8) is 0 Å². The van der Waals surface area contributed by atoms with Gasteiger partial charge in [0.2, 0.25) is 0 Å². The predicted molar refractivity (Wildman–Crippen MR) is 70.1 cm³/mol. The Labute approximate surface area is 111 Å². The number of hydrogen-bond acceptors (Lipinski definition) is 4. The molecule has 98 valence electrons. The SMILES string of the molecule is CN1CCC(c2nc(C3(C(=O)O)CCC3)cs2)C1. The van der Waals surface area contributed by atoms with Crippen molar-refractivity contribution in [2.75, 3.05) is 20.1 Å². The quantitative estimate of drug-likeness (QED) is 0.910. The van der Waals surface area contributed by atoms with Crippen LogP contribution < -0.4 is 0 Å². The number of hydrogen-bond donors (Lipinski definition) is 1. The zero-order valence-electron chi connectivity index (χ0n) is 10.6. The lowest BCUT2D eigenvalue weighted by Crippen LogP contribution is -2.42. The van der Waals surface area contributed by atoms with E-state index in [-0.39, 0.29) is 0 Å². The summed E-state index contributed by atoms with van der Waals surface area (Å²) in [6, 6.07) is 0. The molecule has 1 aliphatic heterocycles. The molecule has 1 aromatic heterocycles. The number of carbonyl (C=O) groups is 1. The molecule has 1 aliphatic carbocycles. The monoisotopic (exact) mass is 266 g/mol. The van der Waals surface area contributed by atoms with Crippen LogP contribution in [0.15, 0.2) is 5.38 Å². The summed E-state index contributed by atoms with van der Waals surface area (Å²) in [5, 5.41) is 12.5. The number of likely N-dealkylation sites (tertiary alicyclic amines) is 1. The zero-order chi connectivity index (χ0) is 12.8. The van der Waals surface area contributed by atoms with Gasteiger partial charge in [0.1, 0.15) is 5.41 Å². The second-order valence-corrected chi connectivity index (χ2v) is 6.45. The maximum Gasteiger partial charge on any atom is 0.315 e. The molecule has 1 aromatic rings. The molecule has 18 heavy (non-hydrogen) atoms. The Morgan fingerprint density at radius 1 is 1.61 bits per heavy atom. The van der Waals surface area contributed by atoms with Crippen molar-refractivity contribution < 1.29 is 9.90 Å². The van der Waals surface area contributed by atoms with Crippen molar-refractivity contribution in [3.05, 3.63) is 16.1 Å². The lowest BCUT2D eigenvalue weighted by atomic mass is 9.67. The normalized spacial score (nSPS) is 27.1. The van der Waals surface area contributed by atoms with E-state index in [1.165, 1.54) is 0 Å². The van der Waals surface area contributed by atoms with Gasteiger partial charge in [0.25, 0.3) is 0 Å². The zero-order valence-corrected chi connectivity index (χ0v) is 11.4. The summed E-state index contributed by atoms with van der Waals surface area (Å²) in [6.07, 6.45) is 3.64. The Hall–Kier alpha value is -0.940. The van der Waals surface area contributed by atoms with Crippen LogP contribution >= 0.6 is 11.3 Å². The first-order chi connectivity index (χ1) is 8.62. The second kappa shape index (κ2) is 4.31. The number of aromatic nitrogens is 1. The van der Waals surface area contributed by atoms with Gasteiger partial charge in [0.05, 0.1) is 10.7 Å². The molecule has 0 amide bonds. The fourth-order valence-corrected chi connectivity index (χ4v) is 3.99. The molecular formula is C13H18N2O2S. The van der Waals surface area contributed by atoms with E-state index >= 15 is 0 Å². The van der Waals surface area contributed by atoms with Gasteiger partial charge in [-0.3, -0.25) is 4.79 Å². The van der Waals surface area contributed by atoms with Gasteiger partial charge in [0.15, 0.2) is 0 Å². The standard InChI is InChI=1S/C13H18N2O2S/c1-15-6-3-9(7-15)11-14-10(8-18-11)13(12(16)17)4-2-5-13/h8-9H,2-7H2,1H3,(H,16,17). The number of rotatable bonds is 3. The van der Waals surface area contributed by atoms with Crippen molar-refractivity contribution in [3.8, 4) is 0 Å². The molecule has 3 rings (SSSR count). The van der Waals surface area contributed by atoms with Crippen LogP contribution in [-0.4, -0.2) is 41.1 Å². The van der Waals surface area contributed by atoms with Crippen molar-refractivity contribution in [1.29, 1.82) is 0 Å². The van der Waals surface area contributed by atoms with Crippen molar-refractivity contribution >= 4 is 17.3 Å². The van der Waals surface area contributed by atoms with Crippen LogP contribution in [0.1, 0.15) is 42.3 Å². The number of likely N-dealkylation sites (N-methyl/N-ethyl adjacent to an activating group) is 1. The lowest BCUT2D eigenvalue weighted by Gasteiger charge is -2.36. The van der Waals surface area contributed by atoms with Crippen LogP contribution in [0.25, 0.3) is 0 Å². The minimum absolute atomic E-state index is 0.500. The third kappa shape index (κ3) is 1.77. The van der Waals surface area contributed by atoms with Crippen molar-refractivity contribution in [1.82, 2.24) is 9.88 Å². The fraction of sp³-hybridized carbons (Fsp3) is 0.692. The highest BCUT2D eigenvalue weighted by atomic mass is 32.1. The molecule has 1 saturated heterocycles. The summed E-state index contributed by atoms with van der Waals surface area (Å²) in [7, 11) is 2.12. The Bertz CT molecular complexity index is 467. The Morgan fingerprint density at radius 2 is 2.39 bits per heavy atom. The summed E-state index contributed by atoms with van der Waals surface area (Å²) in [6.45, 7) is 2.16. The first kappa shape index (κ1) is 12.1.